The fourth-order valence-electron chi connectivity index (χ4n) is 2.68. The van der Waals surface area contributed by atoms with E-state index < -0.39 is 0 Å². The molecule has 2 atom stereocenters. The van der Waals surface area contributed by atoms with Crippen molar-refractivity contribution in [2.75, 3.05) is 13.2 Å². The topological polar surface area (TPSA) is 55.5 Å². The van der Waals surface area contributed by atoms with Gasteiger partial charge in [-0.15, -0.1) is 0 Å². The van der Waals surface area contributed by atoms with Gasteiger partial charge in [-0.1, -0.05) is 25.0 Å². The van der Waals surface area contributed by atoms with Crippen LogP contribution in [-0.4, -0.2) is 24.4 Å². The van der Waals surface area contributed by atoms with Gasteiger partial charge >= 0.3 is 0 Å². The number of aryl methyl sites for hydroxylation is 1. The molecule has 19 heavy (non-hydrogen) atoms. The van der Waals surface area contributed by atoms with E-state index in [1.165, 1.54) is 12.0 Å². The minimum atomic E-state index is -0.186. The Balaban J connectivity index is 1.84. The Morgan fingerprint density at radius 3 is 2.89 bits per heavy atom. The Morgan fingerprint density at radius 1 is 1.26 bits per heavy atom. The van der Waals surface area contributed by atoms with Crippen LogP contribution in [0.3, 0.4) is 0 Å². The van der Waals surface area contributed by atoms with Crippen LogP contribution in [0.2, 0.25) is 0 Å². The van der Waals surface area contributed by atoms with Crippen LogP contribution in [0.15, 0.2) is 24.3 Å². The number of aliphatic hydroxyl groups is 1. The van der Waals surface area contributed by atoms with Crippen molar-refractivity contribution in [1.82, 2.24) is 0 Å². The van der Waals surface area contributed by atoms with E-state index in [9.17, 15) is 5.11 Å². The standard InChI is InChI=1S/C16H25NO2/c17-10-4-6-13-5-3-8-15(11-13)19-12-14-7-1-2-9-16(14)18/h3,5,8,11,14,16,18H,1-2,4,6-7,9-10,12,17H2/t14-,16+/m0/s1. The summed E-state index contributed by atoms with van der Waals surface area (Å²) in [4.78, 5) is 0. The molecule has 3 nitrogen and oxygen atoms in total. The van der Waals surface area contributed by atoms with Crippen molar-refractivity contribution in [2.24, 2.45) is 11.7 Å². The number of hydrogen-bond donors (Lipinski definition) is 2. The lowest BCUT2D eigenvalue weighted by Gasteiger charge is -2.27. The summed E-state index contributed by atoms with van der Waals surface area (Å²) in [5.41, 5.74) is 6.80. The number of aliphatic hydroxyl groups excluding tert-OH is 1. The molecule has 0 bridgehead atoms. The third-order valence-corrected chi connectivity index (χ3v) is 3.90. The van der Waals surface area contributed by atoms with Crippen molar-refractivity contribution in [3.05, 3.63) is 29.8 Å². The number of benzene rings is 1. The highest BCUT2D eigenvalue weighted by Gasteiger charge is 2.23. The van der Waals surface area contributed by atoms with Crippen molar-refractivity contribution in [2.45, 2.75) is 44.6 Å². The quantitative estimate of drug-likeness (QED) is 0.829. The molecule has 1 aromatic carbocycles. The van der Waals surface area contributed by atoms with Crippen LogP contribution in [0.25, 0.3) is 0 Å². The molecule has 1 aromatic rings. The maximum atomic E-state index is 9.92. The van der Waals surface area contributed by atoms with Gasteiger partial charge in [0.15, 0.2) is 0 Å². The molecule has 0 radical (unpaired) electrons. The van der Waals surface area contributed by atoms with Gasteiger partial charge in [0, 0.05) is 5.92 Å². The van der Waals surface area contributed by atoms with Gasteiger partial charge in [-0.25, -0.2) is 0 Å². The first-order valence-corrected chi connectivity index (χ1v) is 7.39. The molecule has 3 N–H and O–H groups in total. The fraction of sp³-hybridized carbons (Fsp3) is 0.625. The second-order valence-corrected chi connectivity index (χ2v) is 5.46. The van der Waals surface area contributed by atoms with Crippen molar-refractivity contribution in [3.8, 4) is 5.75 Å². The molecule has 0 unspecified atom stereocenters. The summed E-state index contributed by atoms with van der Waals surface area (Å²) < 4.78 is 5.85. The predicted octanol–water partition coefficient (Wildman–Crippen LogP) is 2.51. The third-order valence-electron chi connectivity index (χ3n) is 3.90. The molecular formula is C16H25NO2. The molecule has 2 rings (SSSR count). The zero-order valence-corrected chi connectivity index (χ0v) is 11.6. The summed E-state index contributed by atoms with van der Waals surface area (Å²) in [6.07, 6.45) is 6.17. The van der Waals surface area contributed by atoms with E-state index in [1.54, 1.807) is 0 Å². The lowest BCUT2D eigenvalue weighted by Crippen LogP contribution is -2.29. The highest BCUT2D eigenvalue weighted by molar-refractivity contribution is 5.28. The second kappa shape index (κ2) is 7.51. The lowest BCUT2D eigenvalue weighted by molar-refractivity contribution is 0.0422. The second-order valence-electron chi connectivity index (χ2n) is 5.46. The first-order valence-electron chi connectivity index (χ1n) is 7.39. The highest BCUT2D eigenvalue weighted by atomic mass is 16.5. The summed E-state index contributed by atoms with van der Waals surface area (Å²) in [6.45, 7) is 1.35. The van der Waals surface area contributed by atoms with Gasteiger partial charge in [-0.2, -0.15) is 0 Å². The van der Waals surface area contributed by atoms with E-state index in [0.717, 1.165) is 44.4 Å². The molecule has 1 aliphatic rings. The lowest BCUT2D eigenvalue weighted by atomic mass is 9.87. The maximum Gasteiger partial charge on any atom is 0.119 e. The van der Waals surface area contributed by atoms with E-state index in [1.807, 2.05) is 12.1 Å². The van der Waals surface area contributed by atoms with E-state index in [-0.39, 0.29) is 6.10 Å². The SMILES string of the molecule is NCCCc1cccc(OC[C@@H]2CCCC[C@H]2O)c1. The molecule has 1 saturated carbocycles. The number of nitrogens with two attached hydrogens (primary N) is 1. The summed E-state index contributed by atoms with van der Waals surface area (Å²) >= 11 is 0. The molecule has 1 fully saturated rings. The average molecular weight is 263 g/mol. The summed E-state index contributed by atoms with van der Waals surface area (Å²) in [5.74, 6) is 1.20. The van der Waals surface area contributed by atoms with E-state index in [0.29, 0.717) is 12.5 Å². The van der Waals surface area contributed by atoms with E-state index in [2.05, 4.69) is 12.1 Å². The van der Waals surface area contributed by atoms with E-state index >= 15 is 0 Å². The Bertz CT molecular complexity index is 381. The molecule has 0 aromatic heterocycles. The molecule has 0 saturated heterocycles. The van der Waals surface area contributed by atoms with Crippen molar-refractivity contribution >= 4 is 0 Å². The molecule has 0 amide bonds. The van der Waals surface area contributed by atoms with E-state index in [4.69, 9.17) is 10.5 Å². The summed E-state index contributed by atoms with van der Waals surface area (Å²) in [5, 5.41) is 9.92. The van der Waals surface area contributed by atoms with Gasteiger partial charge in [-0.05, 0) is 49.9 Å². The number of hydrogen-bond acceptors (Lipinski definition) is 3. The van der Waals surface area contributed by atoms with Crippen molar-refractivity contribution < 1.29 is 9.84 Å². The molecule has 1 aliphatic carbocycles. The molecule has 0 spiro atoms. The normalized spacial score (nSPS) is 23.3. The molecule has 0 heterocycles. The van der Waals surface area contributed by atoms with Crippen molar-refractivity contribution in [1.29, 1.82) is 0 Å². The maximum absolute atomic E-state index is 9.92. The molecule has 3 heteroatoms. The first-order chi connectivity index (χ1) is 9.29. The van der Waals surface area contributed by atoms with Crippen LogP contribution in [0.5, 0.6) is 5.75 Å². The monoisotopic (exact) mass is 263 g/mol. The largest absolute Gasteiger partial charge is 0.493 e. The van der Waals surface area contributed by atoms with Crippen LogP contribution in [-0.2, 0) is 6.42 Å². The fourth-order valence-corrected chi connectivity index (χ4v) is 2.68. The number of ether oxygens (including phenoxy) is 1. The van der Waals surface area contributed by atoms with Gasteiger partial charge in [0.25, 0.3) is 0 Å². The minimum Gasteiger partial charge on any atom is -0.493 e. The molecule has 106 valence electrons. The first kappa shape index (κ1) is 14.4. The van der Waals surface area contributed by atoms with Crippen LogP contribution >= 0.6 is 0 Å². The van der Waals surface area contributed by atoms with Gasteiger partial charge in [0.2, 0.25) is 0 Å². The summed E-state index contributed by atoms with van der Waals surface area (Å²) in [6, 6.07) is 8.21. The van der Waals surface area contributed by atoms with Gasteiger partial charge in [-0.3, -0.25) is 0 Å². The van der Waals surface area contributed by atoms with Gasteiger partial charge in [0.1, 0.15) is 5.75 Å². The van der Waals surface area contributed by atoms with Crippen LogP contribution in [0, 0.1) is 5.92 Å². The van der Waals surface area contributed by atoms with Crippen molar-refractivity contribution in [3.63, 3.8) is 0 Å². The summed E-state index contributed by atoms with van der Waals surface area (Å²) in [7, 11) is 0. The Labute approximate surface area is 115 Å². The smallest absolute Gasteiger partial charge is 0.119 e. The third kappa shape index (κ3) is 4.51. The average Bonchev–Trinajstić information content (AvgIpc) is 2.45. The Kier molecular flexibility index (Phi) is 5.67. The minimum absolute atomic E-state index is 0.186. The molecule has 0 aliphatic heterocycles. The zero-order chi connectivity index (χ0) is 13.5. The van der Waals surface area contributed by atoms with Crippen LogP contribution < -0.4 is 10.5 Å². The highest BCUT2D eigenvalue weighted by Crippen LogP contribution is 2.25. The molecular weight excluding hydrogens is 238 g/mol. The Hall–Kier alpha value is -1.06. The zero-order valence-electron chi connectivity index (χ0n) is 11.6. The number of rotatable bonds is 6. The predicted molar refractivity (Wildman–Crippen MR) is 77.3 cm³/mol. The van der Waals surface area contributed by atoms with Crippen LogP contribution in [0.4, 0.5) is 0 Å². The Morgan fingerprint density at radius 2 is 2.11 bits per heavy atom. The van der Waals surface area contributed by atoms with Gasteiger partial charge < -0.3 is 15.6 Å². The van der Waals surface area contributed by atoms with Gasteiger partial charge in [0.05, 0.1) is 12.7 Å². The van der Waals surface area contributed by atoms with Crippen LogP contribution in [0.1, 0.15) is 37.7 Å².